The molecule has 1 N–H and O–H groups in total. The third-order valence-electron chi connectivity index (χ3n) is 5.90. The Labute approximate surface area is 239 Å². The number of carbonyl (C=O) groups excluding carboxylic acids is 1. The van der Waals surface area contributed by atoms with E-state index in [1.54, 1.807) is 10.8 Å². The molecular formula is C29H22ClN3O4S2. The highest BCUT2D eigenvalue weighted by molar-refractivity contribution is 8.26. The van der Waals surface area contributed by atoms with Gasteiger partial charge in [0, 0.05) is 28.9 Å². The largest absolute Gasteiger partial charge is 0.489 e. The zero-order chi connectivity index (χ0) is 27.4. The Morgan fingerprint density at radius 1 is 1.08 bits per heavy atom. The Kier molecular flexibility index (Phi) is 8.11. The molecule has 1 aliphatic heterocycles. The topological polar surface area (TPSA) is 84.7 Å². The van der Waals surface area contributed by atoms with Gasteiger partial charge in [-0.15, -0.1) is 0 Å². The normalized spacial score (nSPS) is 14.3. The number of nitrogens with zero attached hydrogens (tertiary/aromatic N) is 3. The number of carboxylic acids is 1. The first-order valence-corrected chi connectivity index (χ1v) is 13.6. The molecule has 0 spiro atoms. The van der Waals surface area contributed by atoms with Crippen molar-refractivity contribution in [3.05, 3.63) is 106 Å². The van der Waals surface area contributed by atoms with Crippen molar-refractivity contribution in [2.75, 3.05) is 6.54 Å². The molecule has 1 fully saturated rings. The number of hydrogen-bond acceptors (Lipinski definition) is 6. The van der Waals surface area contributed by atoms with E-state index in [1.807, 2.05) is 85.1 Å². The number of carbonyl (C=O) groups is 2. The first-order valence-electron chi connectivity index (χ1n) is 12.0. The van der Waals surface area contributed by atoms with Crippen molar-refractivity contribution >= 4 is 57.9 Å². The van der Waals surface area contributed by atoms with Gasteiger partial charge < -0.3 is 9.84 Å². The fourth-order valence-corrected chi connectivity index (χ4v) is 5.38. The van der Waals surface area contributed by atoms with Gasteiger partial charge in [-0.3, -0.25) is 14.5 Å². The van der Waals surface area contributed by atoms with Gasteiger partial charge in [0.15, 0.2) is 0 Å². The number of thioether (sulfide) groups is 1. The zero-order valence-corrected chi connectivity index (χ0v) is 22.9. The van der Waals surface area contributed by atoms with Gasteiger partial charge >= 0.3 is 5.97 Å². The molecule has 0 radical (unpaired) electrons. The standard InChI is InChI=1S/C29H22ClN3O4S2/c30-22-11-9-19(10-12-22)18-37-24-8-4-5-20(15-24)27-21(17-33(31-27)23-6-2-1-3-7-23)16-25-28(36)32(29(38)39-25)14-13-26(34)35/h1-12,15-17H,13-14,18H2,(H,34,35)/b25-16-. The summed E-state index contributed by atoms with van der Waals surface area (Å²) in [5, 5.41) is 14.5. The van der Waals surface area contributed by atoms with E-state index < -0.39 is 5.97 Å². The maximum atomic E-state index is 13.1. The number of para-hydroxylation sites is 1. The first-order chi connectivity index (χ1) is 18.9. The molecule has 10 heteroatoms. The summed E-state index contributed by atoms with van der Waals surface area (Å²) in [6.07, 6.45) is 3.43. The third kappa shape index (κ3) is 6.39. The Morgan fingerprint density at radius 3 is 2.59 bits per heavy atom. The van der Waals surface area contributed by atoms with Crippen molar-refractivity contribution in [2.24, 2.45) is 0 Å². The summed E-state index contributed by atoms with van der Waals surface area (Å²) in [4.78, 5) is 25.8. The van der Waals surface area contributed by atoms with E-state index in [-0.39, 0.29) is 18.9 Å². The minimum Gasteiger partial charge on any atom is -0.489 e. The first kappa shape index (κ1) is 26.7. The van der Waals surface area contributed by atoms with Crippen molar-refractivity contribution in [2.45, 2.75) is 13.0 Å². The number of rotatable bonds is 9. The van der Waals surface area contributed by atoms with Gasteiger partial charge in [-0.25, -0.2) is 4.68 Å². The number of carboxylic acid groups (broad SMARTS) is 1. The van der Waals surface area contributed by atoms with Crippen LogP contribution in [-0.2, 0) is 16.2 Å². The van der Waals surface area contributed by atoms with Crippen LogP contribution in [0.25, 0.3) is 23.0 Å². The van der Waals surface area contributed by atoms with Gasteiger partial charge in [0.25, 0.3) is 5.91 Å². The molecule has 1 aliphatic rings. The minimum atomic E-state index is -0.988. The highest BCUT2D eigenvalue weighted by Gasteiger charge is 2.32. The lowest BCUT2D eigenvalue weighted by Crippen LogP contribution is -2.30. The predicted molar refractivity (Wildman–Crippen MR) is 157 cm³/mol. The molecule has 3 aromatic carbocycles. The van der Waals surface area contributed by atoms with Gasteiger partial charge in [-0.1, -0.05) is 78.0 Å². The molecule has 39 heavy (non-hydrogen) atoms. The summed E-state index contributed by atoms with van der Waals surface area (Å²) in [5.41, 5.74) is 4.04. The number of thiocarbonyl (C=S) groups is 1. The lowest BCUT2D eigenvalue weighted by atomic mass is 10.1. The number of amides is 1. The number of hydrogen-bond donors (Lipinski definition) is 1. The van der Waals surface area contributed by atoms with E-state index >= 15 is 0 Å². The Hall–Kier alpha value is -3.92. The monoisotopic (exact) mass is 575 g/mol. The van der Waals surface area contributed by atoms with Crippen LogP contribution in [0.2, 0.25) is 5.02 Å². The van der Waals surface area contributed by atoms with Crippen LogP contribution in [0.4, 0.5) is 0 Å². The molecule has 0 unspecified atom stereocenters. The number of ether oxygens (including phenoxy) is 1. The predicted octanol–water partition coefficient (Wildman–Crippen LogP) is 6.45. The van der Waals surface area contributed by atoms with Crippen molar-refractivity contribution < 1.29 is 19.4 Å². The Balaban J connectivity index is 1.47. The third-order valence-corrected chi connectivity index (χ3v) is 7.53. The summed E-state index contributed by atoms with van der Waals surface area (Å²) >= 11 is 12.5. The van der Waals surface area contributed by atoms with Crippen LogP contribution in [0.15, 0.2) is 90.0 Å². The quantitative estimate of drug-likeness (QED) is 0.181. The number of halogens is 1. The van der Waals surface area contributed by atoms with Gasteiger partial charge in [-0.05, 0) is 48.0 Å². The molecule has 1 amide bonds. The molecule has 0 saturated carbocycles. The second-order valence-corrected chi connectivity index (χ2v) is 10.7. The van der Waals surface area contributed by atoms with Crippen molar-refractivity contribution in [1.82, 2.24) is 14.7 Å². The lowest BCUT2D eigenvalue weighted by Gasteiger charge is -2.12. The average molecular weight is 576 g/mol. The van der Waals surface area contributed by atoms with Crippen LogP contribution in [0.5, 0.6) is 5.75 Å². The summed E-state index contributed by atoms with van der Waals surface area (Å²) in [6, 6.07) is 24.7. The van der Waals surface area contributed by atoms with Crippen molar-refractivity contribution in [3.63, 3.8) is 0 Å². The van der Waals surface area contributed by atoms with Crippen LogP contribution in [-0.4, -0.2) is 42.5 Å². The maximum absolute atomic E-state index is 13.1. The SMILES string of the molecule is O=C(O)CCN1C(=O)/C(=C/c2cn(-c3ccccc3)nc2-c2cccc(OCc3ccc(Cl)cc3)c2)SC1=S. The van der Waals surface area contributed by atoms with E-state index in [0.29, 0.717) is 37.9 Å². The molecule has 1 aromatic heterocycles. The van der Waals surface area contributed by atoms with Gasteiger partial charge in [-0.2, -0.15) is 5.10 Å². The smallest absolute Gasteiger partial charge is 0.305 e. The number of benzene rings is 3. The molecule has 7 nitrogen and oxygen atoms in total. The van der Waals surface area contributed by atoms with Crippen LogP contribution >= 0.6 is 35.6 Å². The fraction of sp³-hybridized carbons (Fsp3) is 0.103. The average Bonchev–Trinajstić information content (AvgIpc) is 3.48. The summed E-state index contributed by atoms with van der Waals surface area (Å²) in [5.74, 6) is -0.634. The van der Waals surface area contributed by atoms with Crippen LogP contribution < -0.4 is 4.74 Å². The molecular weight excluding hydrogens is 554 g/mol. The molecule has 0 bridgehead atoms. The second-order valence-electron chi connectivity index (χ2n) is 8.63. The van der Waals surface area contributed by atoms with E-state index in [2.05, 4.69) is 0 Å². The highest BCUT2D eigenvalue weighted by Crippen LogP contribution is 2.35. The fourth-order valence-electron chi connectivity index (χ4n) is 3.95. The van der Waals surface area contributed by atoms with Gasteiger partial charge in [0.05, 0.1) is 17.0 Å². The highest BCUT2D eigenvalue weighted by atomic mass is 35.5. The molecule has 0 aliphatic carbocycles. The van der Waals surface area contributed by atoms with E-state index in [1.165, 1.54) is 4.90 Å². The van der Waals surface area contributed by atoms with Crippen LogP contribution in [0.3, 0.4) is 0 Å². The second kappa shape index (κ2) is 11.9. The lowest BCUT2D eigenvalue weighted by molar-refractivity contribution is -0.137. The van der Waals surface area contributed by atoms with Gasteiger partial charge in [0.2, 0.25) is 0 Å². The Bertz CT molecular complexity index is 1570. The van der Waals surface area contributed by atoms with Crippen LogP contribution in [0.1, 0.15) is 17.5 Å². The van der Waals surface area contributed by atoms with E-state index in [9.17, 15) is 9.59 Å². The molecule has 0 atom stereocenters. The van der Waals surface area contributed by atoms with Crippen LogP contribution in [0, 0.1) is 0 Å². The molecule has 1 saturated heterocycles. The number of aliphatic carboxylic acids is 1. The summed E-state index contributed by atoms with van der Waals surface area (Å²) < 4.78 is 8.12. The van der Waals surface area contributed by atoms with Gasteiger partial charge in [0.1, 0.15) is 22.4 Å². The van der Waals surface area contributed by atoms with Crippen molar-refractivity contribution in [1.29, 1.82) is 0 Å². The summed E-state index contributed by atoms with van der Waals surface area (Å²) in [6.45, 7) is 0.408. The number of aromatic nitrogens is 2. The van der Waals surface area contributed by atoms with E-state index in [4.69, 9.17) is 38.8 Å². The van der Waals surface area contributed by atoms with E-state index in [0.717, 1.165) is 28.6 Å². The maximum Gasteiger partial charge on any atom is 0.305 e. The minimum absolute atomic E-state index is 0.0283. The molecule has 5 rings (SSSR count). The van der Waals surface area contributed by atoms with Crippen molar-refractivity contribution in [3.8, 4) is 22.7 Å². The molecule has 196 valence electrons. The summed E-state index contributed by atoms with van der Waals surface area (Å²) in [7, 11) is 0. The zero-order valence-electron chi connectivity index (χ0n) is 20.5. The molecule has 2 heterocycles. The molecule has 4 aromatic rings. The Morgan fingerprint density at radius 2 is 1.85 bits per heavy atom.